The van der Waals surface area contributed by atoms with Crippen LogP contribution in [0.3, 0.4) is 0 Å². The minimum atomic E-state index is 0.110. The first-order chi connectivity index (χ1) is 12.8. The maximum absolute atomic E-state index is 5.02. The van der Waals surface area contributed by atoms with Gasteiger partial charge in [-0.3, -0.25) is 4.99 Å². The second-order valence-corrected chi connectivity index (χ2v) is 7.56. The predicted molar refractivity (Wildman–Crippen MR) is 111 cm³/mol. The van der Waals surface area contributed by atoms with Gasteiger partial charge in [-0.15, -0.1) is 0 Å². The second-order valence-electron chi connectivity index (χ2n) is 6.60. The number of nitrogens with zero attached hydrogens (tertiary/aromatic N) is 1. The number of amidine groups is 1. The molecular weight excluding hydrogens is 336 g/mol. The van der Waals surface area contributed by atoms with Crippen LogP contribution in [0.1, 0.15) is 34.3 Å². The molecule has 0 spiro atoms. The van der Waals surface area contributed by atoms with E-state index in [9.17, 15) is 0 Å². The Balaban J connectivity index is 1.55. The van der Waals surface area contributed by atoms with Gasteiger partial charge in [0.2, 0.25) is 0 Å². The quantitative estimate of drug-likeness (QED) is 0.650. The second kappa shape index (κ2) is 7.79. The molecule has 2 atom stereocenters. The van der Waals surface area contributed by atoms with Crippen molar-refractivity contribution in [3.8, 4) is 0 Å². The summed E-state index contributed by atoms with van der Waals surface area (Å²) in [6.07, 6.45) is 0. The monoisotopic (exact) mass is 358 g/mol. The van der Waals surface area contributed by atoms with Gasteiger partial charge < -0.3 is 5.32 Å². The predicted octanol–water partition coefficient (Wildman–Crippen LogP) is 5.67. The smallest absolute Gasteiger partial charge is 0.158 e. The van der Waals surface area contributed by atoms with Crippen molar-refractivity contribution in [2.45, 2.75) is 24.8 Å². The van der Waals surface area contributed by atoms with Gasteiger partial charge in [0.05, 0.1) is 6.04 Å². The number of aryl methyl sites for hydroxylation is 1. The zero-order chi connectivity index (χ0) is 17.8. The van der Waals surface area contributed by atoms with Gasteiger partial charge in [0.1, 0.15) is 6.04 Å². The topological polar surface area (TPSA) is 24.4 Å². The zero-order valence-corrected chi connectivity index (χ0v) is 15.6. The fourth-order valence-electron chi connectivity index (χ4n) is 3.21. The van der Waals surface area contributed by atoms with E-state index < -0.39 is 0 Å². The SMILES string of the molecule is Cc1ccc(CSC2=NC(c3ccccc3)C(c3ccccc3)N2)cc1. The van der Waals surface area contributed by atoms with Crippen LogP contribution in [-0.4, -0.2) is 5.17 Å². The van der Waals surface area contributed by atoms with E-state index >= 15 is 0 Å². The summed E-state index contributed by atoms with van der Waals surface area (Å²) in [6, 6.07) is 30.2. The molecule has 1 aliphatic rings. The summed E-state index contributed by atoms with van der Waals surface area (Å²) in [4.78, 5) is 5.02. The lowest BCUT2D eigenvalue weighted by atomic mass is 9.95. The van der Waals surface area contributed by atoms with Gasteiger partial charge in [-0.05, 0) is 23.6 Å². The summed E-state index contributed by atoms with van der Waals surface area (Å²) in [5.74, 6) is 0.926. The van der Waals surface area contributed by atoms with Gasteiger partial charge in [0, 0.05) is 5.75 Å². The Morgan fingerprint density at radius 1 is 0.808 bits per heavy atom. The van der Waals surface area contributed by atoms with Gasteiger partial charge in [0.15, 0.2) is 5.17 Å². The molecule has 1 N–H and O–H groups in total. The molecule has 26 heavy (non-hydrogen) atoms. The largest absolute Gasteiger partial charge is 0.356 e. The van der Waals surface area contributed by atoms with Gasteiger partial charge >= 0.3 is 0 Å². The van der Waals surface area contributed by atoms with E-state index in [1.165, 1.54) is 22.3 Å². The van der Waals surface area contributed by atoms with E-state index in [0.29, 0.717) is 0 Å². The molecular formula is C23H22N2S. The Morgan fingerprint density at radius 2 is 1.42 bits per heavy atom. The zero-order valence-electron chi connectivity index (χ0n) is 14.8. The van der Waals surface area contributed by atoms with Crippen LogP contribution in [0.25, 0.3) is 0 Å². The van der Waals surface area contributed by atoms with Crippen LogP contribution >= 0.6 is 11.8 Å². The number of aliphatic imine (C=N–C) groups is 1. The van der Waals surface area contributed by atoms with E-state index in [4.69, 9.17) is 4.99 Å². The first kappa shape index (κ1) is 16.9. The van der Waals surface area contributed by atoms with E-state index in [2.05, 4.69) is 97.2 Å². The van der Waals surface area contributed by atoms with Gasteiger partial charge in [-0.2, -0.15) is 0 Å². The molecule has 2 nitrogen and oxygen atoms in total. The summed E-state index contributed by atoms with van der Waals surface area (Å²) in [5.41, 5.74) is 5.14. The Bertz CT molecular complexity index is 873. The van der Waals surface area contributed by atoms with E-state index in [1.807, 2.05) is 0 Å². The van der Waals surface area contributed by atoms with Gasteiger partial charge in [-0.25, -0.2) is 0 Å². The lowest BCUT2D eigenvalue weighted by molar-refractivity contribution is 0.573. The lowest BCUT2D eigenvalue weighted by Gasteiger charge is -2.19. The minimum Gasteiger partial charge on any atom is -0.356 e. The lowest BCUT2D eigenvalue weighted by Crippen LogP contribution is -2.22. The van der Waals surface area contributed by atoms with Crippen molar-refractivity contribution in [1.82, 2.24) is 5.32 Å². The molecule has 3 aromatic rings. The number of nitrogens with one attached hydrogen (secondary N) is 1. The third-order valence-electron chi connectivity index (χ3n) is 4.65. The molecule has 3 aromatic carbocycles. The van der Waals surface area contributed by atoms with E-state index in [0.717, 1.165) is 10.9 Å². The average molecular weight is 359 g/mol. The van der Waals surface area contributed by atoms with Crippen LogP contribution in [0.15, 0.2) is 89.9 Å². The van der Waals surface area contributed by atoms with Crippen LogP contribution in [-0.2, 0) is 5.75 Å². The molecule has 0 fully saturated rings. The normalized spacial score (nSPS) is 19.0. The fraction of sp³-hybridized carbons (Fsp3) is 0.174. The Labute approximate surface area is 159 Å². The standard InChI is InChI=1S/C23H22N2S/c1-17-12-14-18(15-13-17)16-26-23-24-21(19-8-4-2-5-9-19)22(25-23)20-10-6-3-7-11-20/h2-15,21-22H,16H2,1H3,(H,24,25). The summed E-state index contributed by atoms with van der Waals surface area (Å²) < 4.78 is 0. The number of benzene rings is 3. The first-order valence-corrected chi connectivity index (χ1v) is 9.91. The molecule has 0 radical (unpaired) electrons. The Kier molecular flexibility index (Phi) is 5.07. The molecule has 3 heteroatoms. The highest BCUT2D eigenvalue weighted by Crippen LogP contribution is 2.38. The highest BCUT2D eigenvalue weighted by molar-refractivity contribution is 8.13. The summed E-state index contributed by atoms with van der Waals surface area (Å²) >= 11 is 1.78. The number of rotatable bonds is 4. The van der Waals surface area contributed by atoms with Crippen molar-refractivity contribution in [2.75, 3.05) is 0 Å². The summed E-state index contributed by atoms with van der Waals surface area (Å²) in [7, 11) is 0. The van der Waals surface area contributed by atoms with Crippen molar-refractivity contribution < 1.29 is 0 Å². The number of hydrogen-bond acceptors (Lipinski definition) is 3. The van der Waals surface area contributed by atoms with E-state index in [1.54, 1.807) is 11.8 Å². The third-order valence-corrected chi connectivity index (χ3v) is 5.62. The van der Waals surface area contributed by atoms with Crippen LogP contribution < -0.4 is 5.32 Å². The van der Waals surface area contributed by atoms with Gasteiger partial charge in [-0.1, -0.05) is 102 Å². The molecule has 1 heterocycles. The van der Waals surface area contributed by atoms with Crippen molar-refractivity contribution in [3.63, 3.8) is 0 Å². The summed E-state index contributed by atoms with van der Waals surface area (Å²) in [5, 5.41) is 4.67. The maximum atomic E-state index is 5.02. The third kappa shape index (κ3) is 3.83. The Hall–Kier alpha value is -2.52. The highest BCUT2D eigenvalue weighted by Gasteiger charge is 2.31. The van der Waals surface area contributed by atoms with Gasteiger partial charge in [0.25, 0.3) is 0 Å². The molecule has 2 unspecified atom stereocenters. The number of thioether (sulfide) groups is 1. The minimum absolute atomic E-state index is 0.110. The number of hydrogen-bond donors (Lipinski definition) is 1. The molecule has 130 valence electrons. The molecule has 0 aromatic heterocycles. The summed E-state index contributed by atoms with van der Waals surface area (Å²) in [6.45, 7) is 2.12. The fourth-order valence-corrected chi connectivity index (χ4v) is 4.10. The molecule has 4 rings (SSSR count). The Morgan fingerprint density at radius 3 is 2.08 bits per heavy atom. The molecule has 0 saturated carbocycles. The van der Waals surface area contributed by atoms with Crippen LogP contribution in [0.4, 0.5) is 0 Å². The molecule has 1 aliphatic heterocycles. The van der Waals surface area contributed by atoms with Crippen LogP contribution in [0, 0.1) is 6.92 Å². The maximum Gasteiger partial charge on any atom is 0.158 e. The first-order valence-electron chi connectivity index (χ1n) is 8.92. The van der Waals surface area contributed by atoms with E-state index in [-0.39, 0.29) is 12.1 Å². The van der Waals surface area contributed by atoms with Crippen LogP contribution in [0.5, 0.6) is 0 Å². The van der Waals surface area contributed by atoms with Crippen LogP contribution in [0.2, 0.25) is 0 Å². The molecule has 0 bridgehead atoms. The molecule has 0 saturated heterocycles. The molecule has 0 aliphatic carbocycles. The van der Waals surface area contributed by atoms with Crippen molar-refractivity contribution >= 4 is 16.9 Å². The van der Waals surface area contributed by atoms with Crippen molar-refractivity contribution in [3.05, 3.63) is 107 Å². The van der Waals surface area contributed by atoms with Crippen molar-refractivity contribution in [1.29, 1.82) is 0 Å². The van der Waals surface area contributed by atoms with Crippen molar-refractivity contribution in [2.24, 2.45) is 4.99 Å². The molecule has 0 amide bonds. The highest BCUT2D eigenvalue weighted by atomic mass is 32.2. The average Bonchev–Trinajstić information content (AvgIpc) is 3.13.